The minimum Gasteiger partial charge on any atom is -0.382 e. The number of likely N-dealkylation sites (tertiary alicyclic amines) is 1. The van der Waals surface area contributed by atoms with Crippen LogP contribution in [-0.2, 0) is 10.2 Å². The van der Waals surface area contributed by atoms with Gasteiger partial charge < -0.3 is 15.1 Å². The van der Waals surface area contributed by atoms with Crippen molar-refractivity contribution in [2.24, 2.45) is 5.92 Å². The van der Waals surface area contributed by atoms with E-state index in [1.165, 1.54) is 23.4 Å². The first-order valence-corrected chi connectivity index (χ1v) is 15.0. The van der Waals surface area contributed by atoms with E-state index in [9.17, 15) is 18.0 Å². The number of nitrogens with one attached hydrogen (secondary N) is 1. The third-order valence-corrected chi connectivity index (χ3v) is 9.09. The Morgan fingerprint density at radius 1 is 0.974 bits per heavy atom. The van der Waals surface area contributed by atoms with E-state index in [2.05, 4.69) is 55.3 Å². The Balaban J connectivity index is 1.17. The second kappa shape index (κ2) is 12.6. The third-order valence-electron chi connectivity index (χ3n) is 7.85. The van der Waals surface area contributed by atoms with Crippen LogP contribution < -0.4 is 10.2 Å². The first-order valence-electron chi connectivity index (χ1n) is 13.8. The highest BCUT2D eigenvalue weighted by Crippen LogP contribution is 2.41. The molecule has 0 saturated carbocycles. The number of thioether (sulfide) groups is 1. The van der Waals surface area contributed by atoms with Crippen molar-refractivity contribution >= 4 is 40.6 Å². The molecule has 0 atom stereocenters. The molecule has 1 N–H and O–H groups in total. The van der Waals surface area contributed by atoms with E-state index in [0.717, 1.165) is 45.2 Å². The maximum Gasteiger partial charge on any atom is 0.446 e. The van der Waals surface area contributed by atoms with Gasteiger partial charge in [0.25, 0.3) is 0 Å². The number of carbonyl (C=O) groups is 1. The smallest absolute Gasteiger partial charge is 0.382 e. The van der Waals surface area contributed by atoms with Gasteiger partial charge in [-0.25, -0.2) is 0 Å². The summed E-state index contributed by atoms with van der Waals surface area (Å²) in [6.45, 7) is 10.1. The van der Waals surface area contributed by atoms with E-state index in [1.54, 1.807) is 6.07 Å². The highest BCUT2D eigenvalue weighted by molar-refractivity contribution is 8.00. The molecule has 0 unspecified atom stereocenters. The number of anilines is 2. The number of benzene rings is 2. The lowest BCUT2D eigenvalue weighted by Crippen LogP contribution is -2.42. The highest BCUT2D eigenvalue weighted by Gasteiger charge is 2.31. The monoisotopic (exact) mass is 581 g/mol. The highest BCUT2D eigenvalue weighted by atomic mass is 35.5. The zero-order valence-corrected chi connectivity index (χ0v) is 24.6. The van der Waals surface area contributed by atoms with Gasteiger partial charge in [0.1, 0.15) is 0 Å². The van der Waals surface area contributed by atoms with Crippen molar-refractivity contribution in [3.05, 3.63) is 53.1 Å². The standard InChI is InChI=1S/C30H39ClF3N3OS/c1-29(2,3)22-5-8-25(9-6-22)36-16-12-21(13-17-36)4-11-28(38)37-18-14-23(15-19-37)35-24-7-10-26(31)27(20-24)39-30(32,33)34/h5-10,20-21,23,35H,4,11-19H2,1-3H3. The molecule has 2 aromatic rings. The Morgan fingerprint density at radius 3 is 2.21 bits per heavy atom. The van der Waals surface area contributed by atoms with Gasteiger partial charge in [0.15, 0.2) is 0 Å². The molecular formula is C30H39ClF3N3OS. The summed E-state index contributed by atoms with van der Waals surface area (Å²) in [4.78, 5) is 17.3. The van der Waals surface area contributed by atoms with Gasteiger partial charge in [0, 0.05) is 54.9 Å². The molecule has 2 aromatic carbocycles. The van der Waals surface area contributed by atoms with E-state index in [0.29, 0.717) is 31.1 Å². The molecule has 0 aromatic heterocycles. The van der Waals surface area contributed by atoms with Crippen molar-refractivity contribution in [3.63, 3.8) is 0 Å². The molecule has 2 aliphatic heterocycles. The van der Waals surface area contributed by atoms with Crippen LogP contribution in [0.25, 0.3) is 0 Å². The summed E-state index contributed by atoms with van der Waals surface area (Å²) in [7, 11) is 0. The number of nitrogens with zero attached hydrogens (tertiary/aromatic N) is 2. The Morgan fingerprint density at radius 2 is 1.62 bits per heavy atom. The molecule has 2 aliphatic rings. The topological polar surface area (TPSA) is 35.6 Å². The molecule has 4 nitrogen and oxygen atoms in total. The van der Waals surface area contributed by atoms with E-state index < -0.39 is 5.51 Å². The molecule has 9 heteroatoms. The number of piperidine rings is 2. The van der Waals surface area contributed by atoms with E-state index >= 15 is 0 Å². The van der Waals surface area contributed by atoms with Crippen LogP contribution in [0.1, 0.15) is 64.9 Å². The van der Waals surface area contributed by atoms with Crippen molar-refractivity contribution in [3.8, 4) is 0 Å². The normalized spacial score (nSPS) is 17.9. The predicted octanol–water partition coefficient (Wildman–Crippen LogP) is 8.35. The molecule has 2 fully saturated rings. The lowest BCUT2D eigenvalue weighted by molar-refractivity contribution is -0.132. The van der Waals surface area contributed by atoms with Gasteiger partial charge in [-0.15, -0.1) is 0 Å². The van der Waals surface area contributed by atoms with E-state index in [4.69, 9.17) is 11.6 Å². The van der Waals surface area contributed by atoms with Gasteiger partial charge in [-0.05, 0) is 91.1 Å². The first kappa shape index (κ1) is 29.9. The summed E-state index contributed by atoms with van der Waals surface area (Å²) in [5.41, 5.74) is -0.985. The maximum absolute atomic E-state index is 12.9. The van der Waals surface area contributed by atoms with Gasteiger partial charge in [-0.2, -0.15) is 13.2 Å². The Kier molecular flexibility index (Phi) is 9.69. The Hall–Kier alpha value is -2.06. The fourth-order valence-corrected chi connectivity index (χ4v) is 6.28. The SMILES string of the molecule is CC(C)(C)c1ccc(N2CCC(CCC(=O)N3CCC(Nc4ccc(Cl)c(SC(F)(F)F)c4)CC3)CC2)cc1. The third kappa shape index (κ3) is 8.71. The Labute approximate surface area is 239 Å². The number of hydrogen-bond acceptors (Lipinski definition) is 4. The average Bonchev–Trinajstić information content (AvgIpc) is 2.89. The first-order chi connectivity index (χ1) is 18.4. The van der Waals surface area contributed by atoms with Crippen molar-refractivity contribution < 1.29 is 18.0 Å². The predicted molar refractivity (Wildman–Crippen MR) is 156 cm³/mol. The number of halogens is 4. The summed E-state index contributed by atoms with van der Waals surface area (Å²) >= 11 is 5.74. The van der Waals surface area contributed by atoms with Gasteiger partial charge >= 0.3 is 5.51 Å². The molecule has 2 saturated heterocycles. The second-order valence-corrected chi connectivity index (χ2v) is 13.3. The minimum absolute atomic E-state index is 0.00828. The lowest BCUT2D eigenvalue weighted by atomic mass is 9.87. The zero-order valence-electron chi connectivity index (χ0n) is 23.0. The van der Waals surface area contributed by atoms with Gasteiger partial charge in [-0.1, -0.05) is 44.5 Å². The number of hydrogen-bond donors (Lipinski definition) is 1. The molecule has 214 valence electrons. The zero-order chi connectivity index (χ0) is 28.2. The van der Waals surface area contributed by atoms with E-state index in [1.807, 2.05) is 4.90 Å². The Bertz CT molecular complexity index is 1100. The summed E-state index contributed by atoms with van der Waals surface area (Å²) in [5.74, 6) is 0.788. The van der Waals surface area contributed by atoms with E-state index in [-0.39, 0.29) is 39.0 Å². The van der Waals surface area contributed by atoms with Crippen LogP contribution in [0.4, 0.5) is 24.5 Å². The summed E-state index contributed by atoms with van der Waals surface area (Å²) < 4.78 is 38.4. The maximum atomic E-state index is 12.9. The van der Waals surface area contributed by atoms with Crippen molar-refractivity contribution in [1.29, 1.82) is 0 Å². The molecule has 4 rings (SSSR count). The largest absolute Gasteiger partial charge is 0.446 e. The fraction of sp³-hybridized carbons (Fsp3) is 0.567. The van der Waals surface area contributed by atoms with Crippen molar-refractivity contribution in [2.75, 3.05) is 36.4 Å². The van der Waals surface area contributed by atoms with Gasteiger partial charge in [0.2, 0.25) is 5.91 Å². The average molecular weight is 582 g/mol. The van der Waals surface area contributed by atoms with Gasteiger partial charge in [-0.3, -0.25) is 4.79 Å². The van der Waals surface area contributed by atoms with Crippen LogP contribution in [0.3, 0.4) is 0 Å². The summed E-state index contributed by atoms with van der Waals surface area (Å²) in [5, 5.41) is 3.41. The van der Waals surface area contributed by atoms with Crippen LogP contribution in [0.2, 0.25) is 5.02 Å². The molecule has 0 aliphatic carbocycles. The van der Waals surface area contributed by atoms with Crippen LogP contribution >= 0.6 is 23.4 Å². The molecular weight excluding hydrogens is 543 g/mol. The fourth-order valence-electron chi connectivity index (χ4n) is 5.44. The minimum atomic E-state index is -4.39. The lowest BCUT2D eigenvalue weighted by Gasteiger charge is -2.35. The van der Waals surface area contributed by atoms with Crippen molar-refractivity contribution in [1.82, 2.24) is 4.90 Å². The quantitative estimate of drug-likeness (QED) is 0.333. The van der Waals surface area contributed by atoms with Crippen molar-refractivity contribution in [2.45, 2.75) is 81.2 Å². The van der Waals surface area contributed by atoms with Crippen LogP contribution in [0.15, 0.2) is 47.4 Å². The number of rotatable bonds is 7. The number of amides is 1. The molecule has 39 heavy (non-hydrogen) atoms. The molecule has 1 amide bonds. The van der Waals surface area contributed by atoms with Gasteiger partial charge in [0.05, 0.1) is 5.02 Å². The molecule has 0 bridgehead atoms. The van der Waals surface area contributed by atoms with Crippen LogP contribution in [-0.4, -0.2) is 48.5 Å². The molecule has 0 spiro atoms. The summed E-state index contributed by atoms with van der Waals surface area (Å²) in [6.07, 6.45) is 5.26. The second-order valence-electron chi connectivity index (χ2n) is 11.8. The molecule has 0 radical (unpaired) electrons. The molecule has 2 heterocycles. The van der Waals surface area contributed by atoms with Crippen LogP contribution in [0.5, 0.6) is 0 Å². The number of carbonyl (C=O) groups excluding carboxylic acids is 1. The number of alkyl halides is 3. The summed E-state index contributed by atoms with van der Waals surface area (Å²) in [6, 6.07) is 13.7. The van der Waals surface area contributed by atoms with Crippen LogP contribution in [0, 0.1) is 5.92 Å².